The lowest BCUT2D eigenvalue weighted by atomic mass is 10.1. The molecule has 0 radical (unpaired) electrons. The van der Waals surface area contributed by atoms with Crippen molar-refractivity contribution in [2.24, 2.45) is 0 Å². The number of hydrogen-bond acceptors (Lipinski definition) is 2. The molecular formula is C16H11Cl2FN2. The SMILES string of the molecule is Cc1cc(F)ccc1-c1nc(Cl)c2c(C)ccc(Cl)c2n1. The third-order valence-corrected chi connectivity index (χ3v) is 3.97. The van der Waals surface area contributed by atoms with Crippen molar-refractivity contribution in [3.05, 3.63) is 57.5 Å². The second-order valence-electron chi connectivity index (χ2n) is 4.89. The Morgan fingerprint density at radius 1 is 0.952 bits per heavy atom. The van der Waals surface area contributed by atoms with Gasteiger partial charge < -0.3 is 0 Å². The van der Waals surface area contributed by atoms with Crippen LogP contribution in [0.15, 0.2) is 30.3 Å². The zero-order valence-corrected chi connectivity index (χ0v) is 12.9. The van der Waals surface area contributed by atoms with E-state index < -0.39 is 0 Å². The monoisotopic (exact) mass is 320 g/mol. The average molecular weight is 321 g/mol. The summed E-state index contributed by atoms with van der Waals surface area (Å²) in [6.45, 7) is 3.73. The van der Waals surface area contributed by atoms with E-state index in [1.54, 1.807) is 19.1 Å². The summed E-state index contributed by atoms with van der Waals surface area (Å²) in [4.78, 5) is 8.84. The van der Waals surface area contributed by atoms with Gasteiger partial charge >= 0.3 is 0 Å². The van der Waals surface area contributed by atoms with Gasteiger partial charge in [0.05, 0.1) is 10.5 Å². The number of benzene rings is 2. The molecule has 0 atom stereocenters. The van der Waals surface area contributed by atoms with Crippen LogP contribution in [0.25, 0.3) is 22.3 Å². The molecule has 3 aromatic rings. The molecule has 106 valence electrons. The molecule has 0 amide bonds. The Kier molecular flexibility index (Phi) is 3.56. The maximum Gasteiger partial charge on any atom is 0.161 e. The Balaban J connectivity index is 2.33. The number of halogens is 3. The van der Waals surface area contributed by atoms with E-state index in [0.717, 1.165) is 22.1 Å². The zero-order valence-electron chi connectivity index (χ0n) is 11.4. The molecule has 0 saturated carbocycles. The first kappa shape index (κ1) is 14.2. The second-order valence-corrected chi connectivity index (χ2v) is 5.65. The highest BCUT2D eigenvalue weighted by molar-refractivity contribution is 6.38. The van der Waals surface area contributed by atoms with Gasteiger partial charge in [0, 0.05) is 10.9 Å². The van der Waals surface area contributed by atoms with Crippen molar-refractivity contribution in [2.75, 3.05) is 0 Å². The summed E-state index contributed by atoms with van der Waals surface area (Å²) in [5.41, 5.74) is 3.05. The summed E-state index contributed by atoms with van der Waals surface area (Å²) in [7, 11) is 0. The van der Waals surface area contributed by atoms with E-state index in [2.05, 4.69) is 9.97 Å². The molecule has 0 bridgehead atoms. The normalized spacial score (nSPS) is 11.1. The number of nitrogens with zero attached hydrogens (tertiary/aromatic N) is 2. The van der Waals surface area contributed by atoms with Crippen molar-refractivity contribution in [3.8, 4) is 11.4 Å². The molecule has 0 saturated heterocycles. The molecule has 0 unspecified atom stereocenters. The van der Waals surface area contributed by atoms with Crippen LogP contribution in [0, 0.1) is 19.7 Å². The van der Waals surface area contributed by atoms with Crippen LogP contribution in [0.1, 0.15) is 11.1 Å². The van der Waals surface area contributed by atoms with Gasteiger partial charge in [0.1, 0.15) is 11.0 Å². The van der Waals surface area contributed by atoms with Crippen LogP contribution in [-0.2, 0) is 0 Å². The molecule has 0 N–H and O–H groups in total. The predicted molar refractivity (Wildman–Crippen MR) is 84.4 cm³/mol. The van der Waals surface area contributed by atoms with E-state index in [1.165, 1.54) is 12.1 Å². The van der Waals surface area contributed by atoms with Crippen molar-refractivity contribution >= 4 is 34.1 Å². The Morgan fingerprint density at radius 2 is 1.71 bits per heavy atom. The maximum atomic E-state index is 13.2. The molecular weight excluding hydrogens is 310 g/mol. The minimum absolute atomic E-state index is 0.294. The van der Waals surface area contributed by atoms with Gasteiger partial charge in [-0.15, -0.1) is 0 Å². The summed E-state index contributed by atoms with van der Waals surface area (Å²) in [6.07, 6.45) is 0. The quantitative estimate of drug-likeness (QED) is 0.564. The molecule has 0 aliphatic carbocycles. The molecule has 2 nitrogen and oxygen atoms in total. The van der Waals surface area contributed by atoms with Gasteiger partial charge in [-0.3, -0.25) is 0 Å². The molecule has 1 aromatic heterocycles. The molecule has 0 spiro atoms. The lowest BCUT2D eigenvalue weighted by Gasteiger charge is -2.10. The van der Waals surface area contributed by atoms with Crippen LogP contribution < -0.4 is 0 Å². The largest absolute Gasteiger partial charge is 0.226 e. The number of aromatic nitrogens is 2. The van der Waals surface area contributed by atoms with Gasteiger partial charge in [-0.25, -0.2) is 14.4 Å². The number of aryl methyl sites for hydroxylation is 2. The Bertz CT molecular complexity index is 863. The Hall–Kier alpha value is -1.71. The maximum absolute atomic E-state index is 13.2. The standard InChI is InChI=1S/C16H11Cl2FN2/c1-8-3-6-12(17)14-13(8)15(18)21-16(20-14)11-5-4-10(19)7-9(11)2/h3-7H,1-2H3. The molecule has 0 fully saturated rings. The van der Waals surface area contributed by atoms with Gasteiger partial charge in [-0.2, -0.15) is 0 Å². The molecule has 5 heteroatoms. The van der Waals surface area contributed by atoms with Crippen LogP contribution in [0.3, 0.4) is 0 Å². The Morgan fingerprint density at radius 3 is 2.43 bits per heavy atom. The average Bonchev–Trinajstić information content (AvgIpc) is 2.42. The smallest absolute Gasteiger partial charge is 0.161 e. The first-order chi connectivity index (χ1) is 9.97. The fourth-order valence-corrected chi connectivity index (χ4v) is 2.83. The van der Waals surface area contributed by atoms with Crippen molar-refractivity contribution in [3.63, 3.8) is 0 Å². The van der Waals surface area contributed by atoms with Crippen LogP contribution in [0.4, 0.5) is 4.39 Å². The lowest BCUT2D eigenvalue weighted by molar-refractivity contribution is 0.627. The fourth-order valence-electron chi connectivity index (χ4n) is 2.31. The molecule has 21 heavy (non-hydrogen) atoms. The summed E-state index contributed by atoms with van der Waals surface area (Å²) in [5.74, 6) is 0.148. The van der Waals surface area contributed by atoms with E-state index >= 15 is 0 Å². The van der Waals surface area contributed by atoms with Gasteiger partial charge in [-0.1, -0.05) is 29.3 Å². The highest BCUT2D eigenvalue weighted by Gasteiger charge is 2.14. The number of rotatable bonds is 1. The molecule has 2 aromatic carbocycles. The van der Waals surface area contributed by atoms with Crippen molar-refractivity contribution < 1.29 is 4.39 Å². The van der Waals surface area contributed by atoms with E-state index in [-0.39, 0.29) is 5.82 Å². The first-order valence-electron chi connectivity index (χ1n) is 6.36. The third-order valence-electron chi connectivity index (χ3n) is 3.39. The van der Waals surface area contributed by atoms with Gasteiger partial charge in [0.25, 0.3) is 0 Å². The van der Waals surface area contributed by atoms with E-state index in [9.17, 15) is 4.39 Å². The number of fused-ring (bicyclic) bond motifs is 1. The topological polar surface area (TPSA) is 25.8 Å². The van der Waals surface area contributed by atoms with E-state index in [1.807, 2.05) is 13.0 Å². The molecule has 0 aliphatic rings. The minimum atomic E-state index is -0.294. The highest BCUT2D eigenvalue weighted by atomic mass is 35.5. The summed E-state index contributed by atoms with van der Waals surface area (Å²) in [6, 6.07) is 8.12. The molecule has 3 rings (SSSR count). The lowest BCUT2D eigenvalue weighted by Crippen LogP contribution is -1.96. The van der Waals surface area contributed by atoms with Crippen molar-refractivity contribution in [1.29, 1.82) is 0 Å². The number of hydrogen-bond donors (Lipinski definition) is 0. The van der Waals surface area contributed by atoms with Crippen LogP contribution in [0.5, 0.6) is 0 Å². The van der Waals surface area contributed by atoms with Gasteiger partial charge in [-0.05, 0) is 49.2 Å². The first-order valence-corrected chi connectivity index (χ1v) is 7.12. The predicted octanol–water partition coefficient (Wildman–Crippen LogP) is 5.36. The molecule has 0 aliphatic heterocycles. The van der Waals surface area contributed by atoms with Gasteiger partial charge in [0.15, 0.2) is 5.82 Å². The second kappa shape index (κ2) is 5.24. The Labute approximate surface area is 131 Å². The summed E-state index contributed by atoms with van der Waals surface area (Å²) in [5, 5.41) is 1.60. The summed E-state index contributed by atoms with van der Waals surface area (Å²) >= 11 is 12.5. The van der Waals surface area contributed by atoms with E-state index in [0.29, 0.717) is 21.5 Å². The minimum Gasteiger partial charge on any atom is -0.226 e. The molecule has 1 heterocycles. The van der Waals surface area contributed by atoms with E-state index in [4.69, 9.17) is 23.2 Å². The van der Waals surface area contributed by atoms with Gasteiger partial charge in [0.2, 0.25) is 0 Å². The van der Waals surface area contributed by atoms with Crippen molar-refractivity contribution in [1.82, 2.24) is 9.97 Å². The van der Waals surface area contributed by atoms with Crippen LogP contribution >= 0.6 is 23.2 Å². The third kappa shape index (κ3) is 2.47. The highest BCUT2D eigenvalue weighted by Crippen LogP contribution is 2.32. The van der Waals surface area contributed by atoms with Crippen molar-refractivity contribution in [2.45, 2.75) is 13.8 Å². The van der Waals surface area contributed by atoms with Crippen LogP contribution in [-0.4, -0.2) is 9.97 Å². The van der Waals surface area contributed by atoms with Crippen LogP contribution in [0.2, 0.25) is 10.2 Å². The fraction of sp³-hybridized carbons (Fsp3) is 0.125. The zero-order chi connectivity index (χ0) is 15.1. The summed E-state index contributed by atoms with van der Waals surface area (Å²) < 4.78 is 13.2.